The largest absolute Gasteiger partial charge is 0.468 e. The van der Waals surface area contributed by atoms with Crippen molar-refractivity contribution in [2.45, 2.75) is 33.1 Å². The summed E-state index contributed by atoms with van der Waals surface area (Å²) in [6.45, 7) is 3.61. The molecule has 0 spiro atoms. The molecular weight excluding hydrogens is 318 g/mol. The van der Waals surface area contributed by atoms with E-state index in [4.69, 9.17) is 13.6 Å². The van der Waals surface area contributed by atoms with Gasteiger partial charge < -0.3 is 13.6 Å². The van der Waals surface area contributed by atoms with Crippen molar-refractivity contribution >= 4 is 0 Å². The highest BCUT2D eigenvalue weighted by atomic mass is 16.6. The third kappa shape index (κ3) is 3.50. The van der Waals surface area contributed by atoms with Crippen LogP contribution in [-0.4, -0.2) is 12.1 Å². The van der Waals surface area contributed by atoms with Crippen LogP contribution in [0.3, 0.4) is 0 Å². The molecule has 3 aromatic rings. The molecule has 0 atom stereocenters. The quantitative estimate of drug-likeness (QED) is 0.680. The van der Waals surface area contributed by atoms with Crippen molar-refractivity contribution in [3.63, 3.8) is 0 Å². The summed E-state index contributed by atoms with van der Waals surface area (Å²) in [4.78, 5) is 17.0. The standard InChI is InChI=1S/C20H21NO4/c1-4-15-18(22)13(2)20(23-3)25-19(15)16-12-24-17(21-16)11-10-14-8-6-5-7-9-14/h5-9,12H,4,10-11H2,1-3H3. The van der Waals surface area contributed by atoms with Crippen molar-refractivity contribution < 1.29 is 13.6 Å². The minimum atomic E-state index is -0.0746. The molecule has 0 saturated heterocycles. The van der Waals surface area contributed by atoms with Crippen LogP contribution >= 0.6 is 0 Å². The van der Waals surface area contributed by atoms with E-state index in [1.54, 1.807) is 6.92 Å². The van der Waals surface area contributed by atoms with Crippen molar-refractivity contribution in [1.82, 2.24) is 4.98 Å². The highest BCUT2D eigenvalue weighted by Crippen LogP contribution is 2.28. The van der Waals surface area contributed by atoms with Gasteiger partial charge in [-0.25, -0.2) is 4.98 Å². The lowest BCUT2D eigenvalue weighted by molar-refractivity contribution is 0.295. The zero-order valence-corrected chi connectivity index (χ0v) is 14.7. The number of rotatable bonds is 6. The number of hydrogen-bond donors (Lipinski definition) is 0. The Morgan fingerprint density at radius 2 is 1.92 bits per heavy atom. The molecule has 25 heavy (non-hydrogen) atoms. The van der Waals surface area contributed by atoms with E-state index in [0.717, 1.165) is 6.42 Å². The molecule has 1 aromatic carbocycles. The Bertz CT molecular complexity index is 909. The molecular formula is C20H21NO4. The van der Waals surface area contributed by atoms with Gasteiger partial charge in [-0.1, -0.05) is 37.3 Å². The van der Waals surface area contributed by atoms with Crippen LogP contribution < -0.4 is 10.2 Å². The highest BCUT2D eigenvalue weighted by Gasteiger charge is 2.20. The minimum Gasteiger partial charge on any atom is -0.468 e. The maximum absolute atomic E-state index is 12.5. The smallest absolute Gasteiger partial charge is 0.291 e. The Labute approximate surface area is 146 Å². The average molecular weight is 339 g/mol. The molecule has 0 amide bonds. The molecule has 0 N–H and O–H groups in total. The van der Waals surface area contributed by atoms with Gasteiger partial charge in [0.15, 0.2) is 17.1 Å². The van der Waals surface area contributed by atoms with Gasteiger partial charge >= 0.3 is 0 Å². The van der Waals surface area contributed by atoms with Crippen LogP contribution in [0.15, 0.2) is 50.2 Å². The van der Waals surface area contributed by atoms with Crippen LogP contribution in [0.4, 0.5) is 0 Å². The molecule has 5 nitrogen and oxygen atoms in total. The zero-order valence-electron chi connectivity index (χ0n) is 14.7. The minimum absolute atomic E-state index is 0.0746. The molecule has 0 unspecified atom stereocenters. The van der Waals surface area contributed by atoms with Crippen molar-refractivity contribution in [3.8, 4) is 17.4 Å². The number of aromatic nitrogens is 1. The van der Waals surface area contributed by atoms with Gasteiger partial charge in [-0.15, -0.1) is 0 Å². The molecule has 0 aliphatic carbocycles. The summed E-state index contributed by atoms with van der Waals surface area (Å²) in [7, 11) is 1.48. The molecule has 0 aliphatic heterocycles. The molecule has 0 fully saturated rings. The Balaban J connectivity index is 1.89. The van der Waals surface area contributed by atoms with E-state index >= 15 is 0 Å². The van der Waals surface area contributed by atoms with Crippen molar-refractivity contribution in [1.29, 1.82) is 0 Å². The number of nitrogens with zero attached hydrogens (tertiary/aromatic N) is 1. The SMILES string of the molecule is CCc1c(-c2coc(CCc3ccccc3)n2)oc(OC)c(C)c1=O. The molecule has 3 rings (SSSR count). The zero-order chi connectivity index (χ0) is 17.8. The van der Waals surface area contributed by atoms with Crippen LogP contribution in [0.2, 0.25) is 0 Å². The topological polar surface area (TPSA) is 65.5 Å². The third-order valence-electron chi connectivity index (χ3n) is 4.18. The number of ether oxygens (including phenoxy) is 1. The van der Waals surface area contributed by atoms with Crippen LogP contribution in [0.1, 0.15) is 29.5 Å². The van der Waals surface area contributed by atoms with Crippen LogP contribution in [0.5, 0.6) is 5.95 Å². The Hall–Kier alpha value is -2.82. The lowest BCUT2D eigenvalue weighted by atomic mass is 10.1. The number of aryl methyl sites for hydroxylation is 2. The fourth-order valence-corrected chi connectivity index (χ4v) is 2.80. The number of oxazole rings is 1. The van der Waals surface area contributed by atoms with Crippen LogP contribution in [-0.2, 0) is 19.3 Å². The fourth-order valence-electron chi connectivity index (χ4n) is 2.80. The van der Waals surface area contributed by atoms with Gasteiger partial charge in [0, 0.05) is 12.0 Å². The van der Waals surface area contributed by atoms with Crippen LogP contribution in [0.25, 0.3) is 11.5 Å². The van der Waals surface area contributed by atoms with Gasteiger partial charge in [0.1, 0.15) is 12.0 Å². The maximum atomic E-state index is 12.5. The first-order valence-electron chi connectivity index (χ1n) is 8.33. The lowest BCUT2D eigenvalue weighted by Crippen LogP contribution is -2.14. The summed E-state index contributed by atoms with van der Waals surface area (Å²) < 4.78 is 16.5. The van der Waals surface area contributed by atoms with Gasteiger partial charge in [-0.2, -0.15) is 0 Å². The fraction of sp³-hybridized carbons (Fsp3) is 0.300. The van der Waals surface area contributed by atoms with E-state index in [9.17, 15) is 4.79 Å². The Morgan fingerprint density at radius 3 is 2.60 bits per heavy atom. The molecule has 130 valence electrons. The van der Waals surface area contributed by atoms with Gasteiger partial charge in [0.25, 0.3) is 5.95 Å². The molecule has 5 heteroatoms. The maximum Gasteiger partial charge on any atom is 0.291 e. The molecule has 2 aromatic heterocycles. The first-order chi connectivity index (χ1) is 12.1. The lowest BCUT2D eigenvalue weighted by Gasteiger charge is -2.08. The molecule has 0 saturated carbocycles. The summed E-state index contributed by atoms with van der Waals surface area (Å²) in [5.74, 6) is 1.25. The number of benzene rings is 1. The predicted octanol–water partition coefficient (Wildman–Crippen LogP) is 3.96. The normalized spacial score (nSPS) is 10.8. The summed E-state index contributed by atoms with van der Waals surface area (Å²) >= 11 is 0. The summed E-state index contributed by atoms with van der Waals surface area (Å²) in [5, 5.41) is 0. The van der Waals surface area contributed by atoms with Crippen molar-refractivity contribution in [2.24, 2.45) is 0 Å². The third-order valence-corrected chi connectivity index (χ3v) is 4.18. The molecule has 0 aliphatic rings. The van der Waals surface area contributed by atoms with E-state index in [1.807, 2.05) is 25.1 Å². The highest BCUT2D eigenvalue weighted by molar-refractivity contribution is 5.57. The first kappa shape index (κ1) is 17.0. The summed E-state index contributed by atoms with van der Waals surface area (Å²) in [6, 6.07) is 10.2. The second-order valence-electron chi connectivity index (χ2n) is 5.82. The van der Waals surface area contributed by atoms with Gasteiger partial charge in [0.05, 0.1) is 12.7 Å². The van der Waals surface area contributed by atoms with E-state index in [1.165, 1.54) is 18.9 Å². The van der Waals surface area contributed by atoms with Gasteiger partial charge in [-0.05, 0) is 25.3 Å². The first-order valence-corrected chi connectivity index (χ1v) is 8.33. The average Bonchev–Trinajstić information content (AvgIpc) is 3.11. The summed E-state index contributed by atoms with van der Waals surface area (Å²) in [5.41, 5.74) is 2.72. The van der Waals surface area contributed by atoms with E-state index in [-0.39, 0.29) is 11.4 Å². The summed E-state index contributed by atoms with van der Waals surface area (Å²) in [6.07, 6.45) is 3.60. The second kappa shape index (κ2) is 7.38. The molecule has 0 radical (unpaired) electrons. The van der Waals surface area contributed by atoms with E-state index in [0.29, 0.717) is 41.3 Å². The van der Waals surface area contributed by atoms with Crippen molar-refractivity contribution in [3.05, 3.63) is 69.4 Å². The second-order valence-corrected chi connectivity index (χ2v) is 5.82. The molecule has 0 bridgehead atoms. The van der Waals surface area contributed by atoms with Gasteiger partial charge in [0.2, 0.25) is 0 Å². The Morgan fingerprint density at radius 1 is 1.16 bits per heavy atom. The Kier molecular flexibility index (Phi) is 5.03. The van der Waals surface area contributed by atoms with E-state index in [2.05, 4.69) is 17.1 Å². The molecule has 2 heterocycles. The predicted molar refractivity (Wildman–Crippen MR) is 95.0 cm³/mol. The van der Waals surface area contributed by atoms with Gasteiger partial charge in [-0.3, -0.25) is 4.79 Å². The van der Waals surface area contributed by atoms with Crippen molar-refractivity contribution in [2.75, 3.05) is 7.11 Å². The number of hydrogen-bond acceptors (Lipinski definition) is 5. The monoisotopic (exact) mass is 339 g/mol. The van der Waals surface area contributed by atoms with Crippen LogP contribution in [0, 0.1) is 6.92 Å². The number of methoxy groups -OCH3 is 1. The van der Waals surface area contributed by atoms with E-state index < -0.39 is 0 Å².